The van der Waals surface area contributed by atoms with Gasteiger partial charge in [0.2, 0.25) is 0 Å². The van der Waals surface area contributed by atoms with Crippen molar-refractivity contribution in [1.29, 1.82) is 0 Å². The van der Waals surface area contributed by atoms with E-state index in [1.165, 1.54) is 18.0 Å². The molecule has 144 valence electrons. The summed E-state index contributed by atoms with van der Waals surface area (Å²) >= 11 is 0. The van der Waals surface area contributed by atoms with E-state index in [-0.39, 0.29) is 18.0 Å². The van der Waals surface area contributed by atoms with Crippen LogP contribution in [0.2, 0.25) is 0 Å². The Labute approximate surface area is 152 Å². The van der Waals surface area contributed by atoms with Crippen LogP contribution in [0.3, 0.4) is 0 Å². The molecule has 9 heteroatoms. The van der Waals surface area contributed by atoms with Crippen molar-refractivity contribution in [2.45, 2.75) is 24.9 Å². The smallest absolute Gasteiger partial charge is 0.338 e. The maximum absolute atomic E-state index is 12.9. The zero-order valence-electron chi connectivity index (χ0n) is 14.5. The number of piperidine rings is 1. The first kappa shape index (κ1) is 18.9. The number of hydrogen-bond donors (Lipinski definition) is 1. The van der Waals surface area contributed by atoms with E-state index in [1.54, 1.807) is 6.07 Å². The molecule has 2 heterocycles. The van der Waals surface area contributed by atoms with Gasteiger partial charge < -0.3 is 9.88 Å². The third-order valence-electron chi connectivity index (χ3n) is 4.80. The molecule has 1 N–H and O–H groups in total. The molecular weight excluding hydrogens is 363 g/mol. The minimum absolute atomic E-state index is 0.165. The summed E-state index contributed by atoms with van der Waals surface area (Å²) in [5.41, 5.74) is -1.71. The van der Waals surface area contributed by atoms with Crippen molar-refractivity contribution < 1.29 is 18.0 Å². The Kier molecular flexibility index (Phi) is 4.95. The van der Waals surface area contributed by atoms with Crippen molar-refractivity contribution in [2.24, 2.45) is 7.05 Å². The normalized spacial score (nSPS) is 17.8. The predicted molar refractivity (Wildman–Crippen MR) is 91.6 cm³/mol. The lowest BCUT2D eigenvalue weighted by atomic mass is 9.89. The molecule has 0 aliphatic carbocycles. The first-order valence-electron chi connectivity index (χ1n) is 8.43. The highest BCUT2D eigenvalue weighted by Gasteiger charge is 2.32. The average molecular weight is 381 g/mol. The van der Waals surface area contributed by atoms with E-state index in [9.17, 15) is 27.6 Å². The lowest BCUT2D eigenvalue weighted by molar-refractivity contribution is -0.137. The Balaban J connectivity index is 1.85. The number of nitrogens with zero attached hydrogens (tertiary/aromatic N) is 2. The molecule has 0 spiro atoms. The zero-order valence-corrected chi connectivity index (χ0v) is 14.5. The molecule has 1 amide bonds. The molecule has 1 fully saturated rings. The first-order valence-corrected chi connectivity index (χ1v) is 8.43. The number of nitrogens with one attached hydrogen (secondary N) is 1. The van der Waals surface area contributed by atoms with Crippen molar-refractivity contribution in [3.63, 3.8) is 0 Å². The van der Waals surface area contributed by atoms with Crippen molar-refractivity contribution in [1.82, 2.24) is 14.5 Å². The van der Waals surface area contributed by atoms with Gasteiger partial charge in [0, 0.05) is 32.3 Å². The second-order valence-electron chi connectivity index (χ2n) is 6.59. The summed E-state index contributed by atoms with van der Waals surface area (Å²) in [5, 5.41) is 0. The molecule has 1 unspecified atom stereocenters. The number of rotatable bonds is 2. The predicted octanol–water partition coefficient (Wildman–Crippen LogP) is 2.11. The van der Waals surface area contributed by atoms with Crippen LogP contribution in [0.25, 0.3) is 0 Å². The molecule has 1 aliphatic heterocycles. The van der Waals surface area contributed by atoms with Crippen LogP contribution in [0.1, 0.15) is 40.2 Å². The Morgan fingerprint density at radius 1 is 1.26 bits per heavy atom. The quantitative estimate of drug-likeness (QED) is 0.866. The van der Waals surface area contributed by atoms with Crippen molar-refractivity contribution in [3.8, 4) is 0 Å². The summed E-state index contributed by atoms with van der Waals surface area (Å²) < 4.78 is 39.6. The van der Waals surface area contributed by atoms with Gasteiger partial charge in [-0.1, -0.05) is 18.2 Å². The number of carbonyl (C=O) groups excluding carboxylic acids is 1. The number of aromatic nitrogens is 2. The number of aromatic amines is 1. The standard InChI is InChI=1S/C18H18F3N3O3/c1-23-15(25)14(9-22-17(23)27)16(26)24-7-3-5-12(10-24)11-4-2-6-13(8-11)18(19,20)21/h2,4,6,8-9,12H,3,5,7,10H2,1H3,(H,22,27). The fraction of sp³-hybridized carbons (Fsp3) is 0.389. The highest BCUT2D eigenvalue weighted by molar-refractivity contribution is 5.93. The van der Waals surface area contributed by atoms with Gasteiger partial charge in [-0.25, -0.2) is 4.79 Å². The molecule has 1 saturated heterocycles. The van der Waals surface area contributed by atoms with Crippen LogP contribution in [0, 0.1) is 0 Å². The molecule has 27 heavy (non-hydrogen) atoms. The van der Waals surface area contributed by atoms with Gasteiger partial charge in [-0.05, 0) is 24.5 Å². The average Bonchev–Trinajstić information content (AvgIpc) is 2.65. The van der Waals surface area contributed by atoms with Crippen molar-refractivity contribution in [2.75, 3.05) is 13.1 Å². The Hall–Kier alpha value is -2.84. The number of amides is 1. The summed E-state index contributed by atoms with van der Waals surface area (Å²) in [4.78, 5) is 40.1. The number of benzene rings is 1. The van der Waals surface area contributed by atoms with E-state index in [2.05, 4.69) is 4.98 Å². The molecule has 1 atom stereocenters. The van der Waals surface area contributed by atoms with E-state index >= 15 is 0 Å². The molecule has 0 bridgehead atoms. The van der Waals surface area contributed by atoms with Crippen LogP contribution < -0.4 is 11.2 Å². The highest BCUT2D eigenvalue weighted by Crippen LogP contribution is 2.33. The van der Waals surface area contributed by atoms with Crippen molar-refractivity contribution in [3.05, 3.63) is 68.0 Å². The zero-order chi connectivity index (χ0) is 19.8. The SMILES string of the molecule is Cn1c(=O)[nH]cc(C(=O)N2CCCC(c3cccc(C(F)(F)F)c3)C2)c1=O. The van der Waals surface area contributed by atoms with Gasteiger partial charge in [-0.15, -0.1) is 0 Å². The van der Waals surface area contributed by atoms with E-state index in [0.717, 1.165) is 22.9 Å². The fourth-order valence-corrected chi connectivity index (χ4v) is 3.29. The third-order valence-corrected chi connectivity index (χ3v) is 4.80. The molecular formula is C18H18F3N3O3. The van der Waals surface area contributed by atoms with Gasteiger partial charge in [0.25, 0.3) is 11.5 Å². The van der Waals surface area contributed by atoms with Crippen LogP contribution >= 0.6 is 0 Å². The van der Waals surface area contributed by atoms with Gasteiger partial charge >= 0.3 is 11.9 Å². The summed E-state index contributed by atoms with van der Waals surface area (Å²) in [7, 11) is 1.26. The molecule has 1 aromatic carbocycles. The third kappa shape index (κ3) is 3.81. The molecule has 0 radical (unpaired) electrons. The maximum Gasteiger partial charge on any atom is 0.416 e. The lowest BCUT2D eigenvalue weighted by Crippen LogP contribution is -2.44. The minimum Gasteiger partial charge on any atom is -0.338 e. The number of likely N-dealkylation sites (tertiary alicyclic amines) is 1. The summed E-state index contributed by atoms with van der Waals surface area (Å²) in [6.45, 7) is 0.610. The number of alkyl halides is 3. The van der Waals surface area contributed by atoms with Gasteiger partial charge in [-0.3, -0.25) is 14.2 Å². The lowest BCUT2D eigenvalue weighted by Gasteiger charge is -2.33. The van der Waals surface area contributed by atoms with Gasteiger partial charge in [0.15, 0.2) is 0 Å². The van der Waals surface area contributed by atoms with Gasteiger partial charge in [0.1, 0.15) is 5.56 Å². The van der Waals surface area contributed by atoms with Gasteiger partial charge in [0.05, 0.1) is 5.56 Å². The van der Waals surface area contributed by atoms with Gasteiger partial charge in [-0.2, -0.15) is 13.2 Å². The van der Waals surface area contributed by atoms with E-state index in [4.69, 9.17) is 0 Å². The van der Waals surface area contributed by atoms with Crippen LogP contribution in [0.15, 0.2) is 40.1 Å². The maximum atomic E-state index is 12.9. The number of H-pyrrole nitrogens is 1. The second-order valence-corrected chi connectivity index (χ2v) is 6.59. The Bertz CT molecular complexity index is 978. The topological polar surface area (TPSA) is 75.2 Å². The van der Waals surface area contributed by atoms with E-state index in [0.29, 0.717) is 24.9 Å². The number of carbonyl (C=O) groups is 1. The summed E-state index contributed by atoms with van der Waals surface area (Å²) in [5.74, 6) is -0.792. The Morgan fingerprint density at radius 2 is 2.00 bits per heavy atom. The van der Waals surface area contributed by atoms with Crippen LogP contribution in [-0.4, -0.2) is 33.4 Å². The van der Waals surface area contributed by atoms with Crippen molar-refractivity contribution >= 4 is 5.91 Å². The van der Waals surface area contributed by atoms with Crippen LogP contribution in [-0.2, 0) is 13.2 Å². The fourth-order valence-electron chi connectivity index (χ4n) is 3.29. The summed E-state index contributed by atoms with van der Waals surface area (Å²) in [6, 6.07) is 5.10. The van der Waals surface area contributed by atoms with E-state index in [1.807, 2.05) is 0 Å². The number of halogens is 3. The molecule has 2 aromatic rings. The molecule has 3 rings (SSSR count). The second kappa shape index (κ2) is 7.05. The highest BCUT2D eigenvalue weighted by atomic mass is 19.4. The van der Waals surface area contributed by atoms with E-state index < -0.39 is 28.9 Å². The largest absolute Gasteiger partial charge is 0.416 e. The summed E-state index contributed by atoms with van der Waals surface area (Å²) in [6.07, 6.45) is -2.09. The molecule has 0 saturated carbocycles. The number of hydrogen-bond acceptors (Lipinski definition) is 3. The molecule has 1 aromatic heterocycles. The Morgan fingerprint density at radius 3 is 2.70 bits per heavy atom. The van der Waals surface area contributed by atoms with Crippen LogP contribution in [0.5, 0.6) is 0 Å². The monoisotopic (exact) mass is 381 g/mol. The minimum atomic E-state index is -4.43. The molecule has 6 nitrogen and oxygen atoms in total. The first-order chi connectivity index (χ1) is 12.7. The molecule has 1 aliphatic rings. The van der Waals surface area contributed by atoms with Crippen LogP contribution in [0.4, 0.5) is 13.2 Å².